The normalized spacial score (nSPS) is 8.60. The van der Waals surface area contributed by atoms with E-state index in [9.17, 15) is 0 Å². The maximum Gasteiger partial charge on any atom is 0.182 e. The van der Waals surface area contributed by atoms with Crippen LogP contribution in [0.2, 0.25) is 0 Å². The SMILES string of the molecule is CNc1nc(CN)cs1.Cl. The molecular formula is C5H10ClN3S. The molecule has 3 N–H and O–H groups in total. The highest BCUT2D eigenvalue weighted by Crippen LogP contribution is 2.12. The Morgan fingerprint density at radius 2 is 2.50 bits per heavy atom. The lowest BCUT2D eigenvalue weighted by Crippen LogP contribution is -1.96. The molecule has 1 heterocycles. The van der Waals surface area contributed by atoms with Gasteiger partial charge in [-0.1, -0.05) is 0 Å². The molecule has 0 aromatic carbocycles. The van der Waals surface area contributed by atoms with Crippen LogP contribution in [0, 0.1) is 0 Å². The van der Waals surface area contributed by atoms with E-state index in [2.05, 4.69) is 10.3 Å². The van der Waals surface area contributed by atoms with Crippen LogP contribution in [0.4, 0.5) is 5.13 Å². The maximum atomic E-state index is 5.33. The molecule has 10 heavy (non-hydrogen) atoms. The third-order valence-corrected chi connectivity index (χ3v) is 1.88. The van der Waals surface area contributed by atoms with Gasteiger partial charge in [-0.2, -0.15) is 0 Å². The summed E-state index contributed by atoms with van der Waals surface area (Å²) < 4.78 is 0. The van der Waals surface area contributed by atoms with Gasteiger partial charge in [0.1, 0.15) is 0 Å². The van der Waals surface area contributed by atoms with Crippen LogP contribution in [0.5, 0.6) is 0 Å². The Morgan fingerprint density at radius 1 is 1.80 bits per heavy atom. The van der Waals surface area contributed by atoms with Gasteiger partial charge >= 0.3 is 0 Å². The zero-order valence-corrected chi connectivity index (χ0v) is 7.26. The molecule has 0 aliphatic rings. The van der Waals surface area contributed by atoms with Crippen molar-refractivity contribution >= 4 is 28.9 Å². The molecule has 0 aliphatic heterocycles. The number of halogens is 1. The lowest BCUT2D eigenvalue weighted by Gasteiger charge is -1.87. The Kier molecular flexibility index (Phi) is 4.34. The van der Waals surface area contributed by atoms with E-state index in [-0.39, 0.29) is 12.4 Å². The van der Waals surface area contributed by atoms with Gasteiger partial charge in [0.15, 0.2) is 5.13 Å². The quantitative estimate of drug-likeness (QED) is 0.714. The number of aromatic nitrogens is 1. The van der Waals surface area contributed by atoms with Crippen LogP contribution < -0.4 is 11.1 Å². The van der Waals surface area contributed by atoms with E-state index < -0.39 is 0 Å². The first-order valence-electron chi connectivity index (χ1n) is 2.69. The minimum atomic E-state index is 0. The summed E-state index contributed by atoms with van der Waals surface area (Å²) in [4.78, 5) is 4.13. The summed E-state index contributed by atoms with van der Waals surface area (Å²) in [5.74, 6) is 0. The molecule has 1 aromatic heterocycles. The molecule has 0 atom stereocenters. The van der Waals surface area contributed by atoms with Crippen LogP contribution in [0.25, 0.3) is 0 Å². The summed E-state index contributed by atoms with van der Waals surface area (Å²) in [6, 6.07) is 0. The van der Waals surface area contributed by atoms with Crippen molar-refractivity contribution in [1.82, 2.24) is 4.98 Å². The fourth-order valence-corrected chi connectivity index (χ4v) is 1.20. The minimum absolute atomic E-state index is 0. The highest BCUT2D eigenvalue weighted by molar-refractivity contribution is 7.13. The van der Waals surface area contributed by atoms with E-state index >= 15 is 0 Å². The topological polar surface area (TPSA) is 50.9 Å². The van der Waals surface area contributed by atoms with Gasteiger partial charge < -0.3 is 11.1 Å². The van der Waals surface area contributed by atoms with Crippen molar-refractivity contribution in [2.75, 3.05) is 12.4 Å². The second-order valence-corrected chi connectivity index (χ2v) is 2.46. The number of nitrogens with one attached hydrogen (secondary N) is 1. The molecule has 5 heteroatoms. The van der Waals surface area contributed by atoms with Gasteiger partial charge in [-0.25, -0.2) is 4.98 Å². The lowest BCUT2D eigenvalue weighted by atomic mass is 10.5. The van der Waals surface area contributed by atoms with E-state index in [1.807, 2.05) is 12.4 Å². The molecular weight excluding hydrogens is 170 g/mol. The number of nitrogens with two attached hydrogens (primary N) is 1. The van der Waals surface area contributed by atoms with Crippen molar-refractivity contribution in [2.24, 2.45) is 5.73 Å². The predicted octanol–water partition coefficient (Wildman–Crippen LogP) is 1.07. The Labute approximate surface area is 70.1 Å². The molecule has 0 bridgehead atoms. The summed E-state index contributed by atoms with van der Waals surface area (Å²) in [5, 5.41) is 5.81. The molecule has 0 saturated carbocycles. The predicted molar refractivity (Wildman–Crippen MR) is 46.8 cm³/mol. The summed E-state index contributed by atoms with van der Waals surface area (Å²) in [6.45, 7) is 0.526. The fraction of sp³-hybridized carbons (Fsp3) is 0.400. The fourth-order valence-electron chi connectivity index (χ4n) is 0.516. The maximum absolute atomic E-state index is 5.33. The van der Waals surface area contributed by atoms with Crippen LogP contribution in [-0.4, -0.2) is 12.0 Å². The molecule has 1 rings (SSSR count). The van der Waals surface area contributed by atoms with Crippen molar-refractivity contribution < 1.29 is 0 Å². The number of hydrogen-bond acceptors (Lipinski definition) is 4. The van der Waals surface area contributed by atoms with Crippen molar-refractivity contribution in [1.29, 1.82) is 0 Å². The van der Waals surface area contributed by atoms with Crippen molar-refractivity contribution in [3.63, 3.8) is 0 Å². The second-order valence-electron chi connectivity index (χ2n) is 1.60. The van der Waals surface area contributed by atoms with Gasteiger partial charge in [0.2, 0.25) is 0 Å². The summed E-state index contributed by atoms with van der Waals surface area (Å²) in [7, 11) is 1.85. The van der Waals surface area contributed by atoms with Crippen molar-refractivity contribution in [3.05, 3.63) is 11.1 Å². The zero-order chi connectivity index (χ0) is 6.69. The molecule has 0 fully saturated rings. The minimum Gasteiger partial charge on any atom is -0.365 e. The van der Waals surface area contributed by atoms with Gasteiger partial charge in [-0.05, 0) is 0 Å². The van der Waals surface area contributed by atoms with Gasteiger partial charge in [0.05, 0.1) is 5.69 Å². The Bertz CT molecular complexity index is 170. The molecule has 0 unspecified atom stereocenters. The standard InChI is InChI=1S/C5H9N3S.ClH/c1-7-5-8-4(2-6)3-9-5;/h3H,2,6H2,1H3,(H,7,8);1H. The first kappa shape index (κ1) is 9.68. The number of nitrogens with zero attached hydrogens (tertiary/aromatic N) is 1. The van der Waals surface area contributed by atoms with Gasteiger partial charge in [-0.3, -0.25) is 0 Å². The third-order valence-electron chi connectivity index (χ3n) is 0.975. The van der Waals surface area contributed by atoms with Crippen molar-refractivity contribution in [2.45, 2.75) is 6.54 Å². The molecule has 0 spiro atoms. The third kappa shape index (κ3) is 2.13. The summed E-state index contributed by atoms with van der Waals surface area (Å²) in [5.41, 5.74) is 6.28. The van der Waals surface area contributed by atoms with E-state index in [1.54, 1.807) is 11.3 Å². The first-order chi connectivity index (χ1) is 4.36. The average Bonchev–Trinajstić information content (AvgIpc) is 2.34. The Hall–Kier alpha value is -0.320. The molecule has 0 amide bonds. The molecule has 3 nitrogen and oxygen atoms in total. The number of thiazole rings is 1. The number of hydrogen-bond donors (Lipinski definition) is 2. The van der Waals surface area contributed by atoms with Gasteiger partial charge in [0.25, 0.3) is 0 Å². The number of anilines is 1. The van der Waals surface area contributed by atoms with Crippen LogP contribution in [0.3, 0.4) is 0 Å². The zero-order valence-electron chi connectivity index (χ0n) is 5.63. The molecule has 1 aromatic rings. The molecule has 0 aliphatic carbocycles. The van der Waals surface area contributed by atoms with Crippen LogP contribution in [-0.2, 0) is 6.54 Å². The molecule has 0 radical (unpaired) electrons. The second kappa shape index (κ2) is 4.49. The van der Waals surface area contributed by atoms with Crippen molar-refractivity contribution in [3.8, 4) is 0 Å². The van der Waals surface area contributed by atoms with E-state index in [4.69, 9.17) is 5.73 Å². The smallest absolute Gasteiger partial charge is 0.182 e. The van der Waals surface area contributed by atoms with E-state index in [0.29, 0.717) is 6.54 Å². The van der Waals surface area contributed by atoms with Gasteiger partial charge in [-0.15, -0.1) is 23.7 Å². The monoisotopic (exact) mass is 179 g/mol. The van der Waals surface area contributed by atoms with E-state index in [1.165, 1.54) is 0 Å². The summed E-state index contributed by atoms with van der Waals surface area (Å²) >= 11 is 1.57. The van der Waals surface area contributed by atoms with E-state index in [0.717, 1.165) is 10.8 Å². The van der Waals surface area contributed by atoms with Crippen LogP contribution in [0.1, 0.15) is 5.69 Å². The first-order valence-corrected chi connectivity index (χ1v) is 3.57. The average molecular weight is 180 g/mol. The van der Waals surface area contributed by atoms with Crippen LogP contribution >= 0.6 is 23.7 Å². The Morgan fingerprint density at radius 3 is 2.80 bits per heavy atom. The largest absolute Gasteiger partial charge is 0.365 e. The highest BCUT2D eigenvalue weighted by Gasteiger charge is 1.94. The highest BCUT2D eigenvalue weighted by atomic mass is 35.5. The van der Waals surface area contributed by atoms with Gasteiger partial charge in [0, 0.05) is 19.0 Å². The summed E-state index contributed by atoms with van der Waals surface area (Å²) in [6.07, 6.45) is 0. The number of rotatable bonds is 2. The lowest BCUT2D eigenvalue weighted by molar-refractivity contribution is 1.01. The molecule has 58 valence electrons. The van der Waals surface area contributed by atoms with Crippen LogP contribution in [0.15, 0.2) is 5.38 Å². The molecule has 0 saturated heterocycles. The Balaban J connectivity index is 0.000000810.